The molecule has 26 heavy (non-hydrogen) atoms. The largest absolute Gasteiger partial charge is 0.487 e. The zero-order valence-corrected chi connectivity index (χ0v) is 15.2. The van der Waals surface area contributed by atoms with Gasteiger partial charge in [0.25, 0.3) is 0 Å². The van der Waals surface area contributed by atoms with Crippen LogP contribution in [0, 0.1) is 5.92 Å². The van der Waals surface area contributed by atoms with Crippen LogP contribution in [0.15, 0.2) is 48.7 Å². The van der Waals surface area contributed by atoms with Crippen LogP contribution in [0.4, 0.5) is 0 Å². The predicted octanol–water partition coefficient (Wildman–Crippen LogP) is 2.71. The van der Waals surface area contributed by atoms with E-state index >= 15 is 0 Å². The summed E-state index contributed by atoms with van der Waals surface area (Å²) in [5.74, 6) is 1.71. The second kappa shape index (κ2) is 7.46. The molecule has 1 aromatic carbocycles. The van der Waals surface area contributed by atoms with E-state index in [4.69, 9.17) is 4.74 Å². The van der Waals surface area contributed by atoms with Gasteiger partial charge in [0.2, 0.25) is 5.91 Å². The van der Waals surface area contributed by atoms with Crippen molar-refractivity contribution in [2.75, 3.05) is 20.1 Å². The van der Waals surface area contributed by atoms with Crippen molar-refractivity contribution in [1.29, 1.82) is 0 Å². The van der Waals surface area contributed by atoms with Crippen molar-refractivity contribution in [3.05, 3.63) is 59.9 Å². The third kappa shape index (κ3) is 3.73. The molecule has 0 aliphatic carbocycles. The Kier molecular flexibility index (Phi) is 4.89. The van der Waals surface area contributed by atoms with Gasteiger partial charge < -0.3 is 9.64 Å². The molecule has 136 valence electrons. The van der Waals surface area contributed by atoms with E-state index in [0.29, 0.717) is 24.5 Å². The molecule has 0 radical (unpaired) electrons. The van der Waals surface area contributed by atoms with E-state index in [-0.39, 0.29) is 0 Å². The number of likely N-dealkylation sites (tertiary alicyclic amines) is 2. The number of rotatable bonds is 5. The van der Waals surface area contributed by atoms with Crippen molar-refractivity contribution in [3.63, 3.8) is 0 Å². The van der Waals surface area contributed by atoms with Crippen LogP contribution >= 0.6 is 0 Å². The summed E-state index contributed by atoms with van der Waals surface area (Å²) in [6, 6.07) is 14.5. The third-order valence-corrected chi connectivity index (χ3v) is 5.58. The lowest BCUT2D eigenvalue weighted by atomic mass is 9.92. The van der Waals surface area contributed by atoms with E-state index in [1.807, 2.05) is 42.3 Å². The van der Waals surface area contributed by atoms with E-state index in [1.165, 1.54) is 5.56 Å². The molecule has 5 nitrogen and oxygen atoms in total. The Morgan fingerprint density at radius 1 is 1.19 bits per heavy atom. The summed E-state index contributed by atoms with van der Waals surface area (Å²) in [5, 5.41) is 0. The SMILES string of the molecule is CN1C(=O)C[C@H]2CCN(Cc3ccc(OCc4ccccn4)cc3)C[C@H]21. The number of pyridine rings is 1. The Morgan fingerprint density at radius 3 is 2.81 bits per heavy atom. The molecule has 2 atom stereocenters. The van der Waals surface area contributed by atoms with Crippen LogP contribution in [0.1, 0.15) is 24.1 Å². The molecule has 3 heterocycles. The highest BCUT2D eigenvalue weighted by atomic mass is 16.5. The molecule has 0 unspecified atom stereocenters. The number of piperidine rings is 1. The van der Waals surface area contributed by atoms with Crippen LogP contribution in [0.2, 0.25) is 0 Å². The Labute approximate surface area is 154 Å². The first-order chi connectivity index (χ1) is 12.7. The Morgan fingerprint density at radius 2 is 2.04 bits per heavy atom. The minimum atomic E-state index is 0.302. The number of nitrogens with zero attached hydrogens (tertiary/aromatic N) is 3. The Bertz CT molecular complexity index is 748. The lowest BCUT2D eigenvalue weighted by Gasteiger charge is -2.37. The summed E-state index contributed by atoms with van der Waals surface area (Å²) in [4.78, 5) is 20.6. The van der Waals surface area contributed by atoms with Gasteiger partial charge in [0.05, 0.1) is 5.69 Å². The summed E-state index contributed by atoms with van der Waals surface area (Å²) in [5.41, 5.74) is 2.20. The molecule has 1 amide bonds. The van der Waals surface area contributed by atoms with Gasteiger partial charge in [-0.3, -0.25) is 14.7 Å². The number of ether oxygens (including phenoxy) is 1. The molecule has 0 spiro atoms. The van der Waals surface area contributed by atoms with Gasteiger partial charge in [-0.25, -0.2) is 0 Å². The van der Waals surface area contributed by atoms with Gasteiger partial charge in [-0.1, -0.05) is 18.2 Å². The molecule has 0 saturated carbocycles. The molecule has 2 fully saturated rings. The minimum absolute atomic E-state index is 0.302. The molecule has 0 bridgehead atoms. The Balaban J connectivity index is 1.31. The zero-order chi connectivity index (χ0) is 17.9. The maximum atomic E-state index is 11.9. The lowest BCUT2D eigenvalue weighted by molar-refractivity contribution is -0.127. The van der Waals surface area contributed by atoms with Gasteiger partial charge >= 0.3 is 0 Å². The molecule has 1 aromatic heterocycles. The number of hydrogen-bond donors (Lipinski definition) is 0. The van der Waals surface area contributed by atoms with Crippen molar-refractivity contribution in [3.8, 4) is 5.75 Å². The monoisotopic (exact) mass is 351 g/mol. The highest BCUT2D eigenvalue weighted by Crippen LogP contribution is 2.32. The molecule has 2 saturated heterocycles. The predicted molar refractivity (Wildman–Crippen MR) is 99.6 cm³/mol. The zero-order valence-electron chi connectivity index (χ0n) is 15.2. The van der Waals surface area contributed by atoms with Crippen LogP contribution in [-0.4, -0.2) is 46.9 Å². The topological polar surface area (TPSA) is 45.7 Å². The molecule has 2 aliphatic rings. The van der Waals surface area contributed by atoms with E-state index in [2.05, 4.69) is 22.0 Å². The first-order valence-electron chi connectivity index (χ1n) is 9.29. The molecule has 2 aromatic rings. The average Bonchev–Trinajstić information content (AvgIpc) is 2.96. The number of likely N-dealkylation sites (N-methyl/N-ethyl adjacent to an activating group) is 1. The maximum absolute atomic E-state index is 11.9. The van der Waals surface area contributed by atoms with Gasteiger partial charge in [-0.15, -0.1) is 0 Å². The first kappa shape index (κ1) is 17.0. The van der Waals surface area contributed by atoms with E-state index in [1.54, 1.807) is 6.20 Å². The number of hydrogen-bond acceptors (Lipinski definition) is 4. The van der Waals surface area contributed by atoms with Crippen LogP contribution in [0.5, 0.6) is 5.75 Å². The van der Waals surface area contributed by atoms with Gasteiger partial charge in [0, 0.05) is 38.8 Å². The molecule has 0 N–H and O–H groups in total. The van der Waals surface area contributed by atoms with Gasteiger partial charge in [0.15, 0.2) is 0 Å². The van der Waals surface area contributed by atoms with E-state index in [0.717, 1.165) is 43.9 Å². The second-order valence-electron chi connectivity index (χ2n) is 7.31. The average molecular weight is 351 g/mol. The van der Waals surface area contributed by atoms with Crippen molar-refractivity contribution in [2.45, 2.75) is 32.0 Å². The number of fused-ring (bicyclic) bond motifs is 1. The van der Waals surface area contributed by atoms with E-state index < -0.39 is 0 Å². The quantitative estimate of drug-likeness (QED) is 0.831. The second-order valence-corrected chi connectivity index (χ2v) is 7.31. The number of carbonyl (C=O) groups excluding carboxylic acids is 1. The summed E-state index contributed by atoms with van der Waals surface area (Å²) >= 11 is 0. The fourth-order valence-corrected chi connectivity index (χ4v) is 4.01. The van der Waals surface area contributed by atoms with E-state index in [9.17, 15) is 4.79 Å². The number of amides is 1. The third-order valence-electron chi connectivity index (χ3n) is 5.58. The minimum Gasteiger partial charge on any atom is -0.487 e. The van der Waals surface area contributed by atoms with Crippen molar-refractivity contribution >= 4 is 5.91 Å². The summed E-state index contributed by atoms with van der Waals surface area (Å²) in [6.45, 7) is 3.45. The molecule has 4 rings (SSSR count). The summed E-state index contributed by atoms with van der Waals surface area (Å²) in [7, 11) is 1.95. The molecular formula is C21H25N3O2. The normalized spacial score (nSPS) is 23.1. The molecule has 5 heteroatoms. The maximum Gasteiger partial charge on any atom is 0.222 e. The van der Waals surface area contributed by atoms with Crippen molar-refractivity contribution in [1.82, 2.24) is 14.8 Å². The fourth-order valence-electron chi connectivity index (χ4n) is 4.01. The number of aromatic nitrogens is 1. The van der Waals surface area contributed by atoms with Crippen LogP contribution < -0.4 is 4.74 Å². The van der Waals surface area contributed by atoms with Crippen molar-refractivity contribution in [2.24, 2.45) is 5.92 Å². The van der Waals surface area contributed by atoms with Crippen LogP contribution in [0.3, 0.4) is 0 Å². The Hall–Kier alpha value is -2.40. The fraction of sp³-hybridized carbons (Fsp3) is 0.429. The lowest BCUT2D eigenvalue weighted by Crippen LogP contribution is -2.47. The van der Waals surface area contributed by atoms with Crippen molar-refractivity contribution < 1.29 is 9.53 Å². The standard InChI is InChI=1S/C21H25N3O2/c1-23-20-14-24(11-9-17(20)12-21(23)25)13-16-5-7-19(8-6-16)26-15-18-4-2-3-10-22-18/h2-8,10,17,20H,9,11-15H2,1H3/t17-,20-/m1/s1. The van der Waals surface area contributed by atoms with Gasteiger partial charge in [-0.05, 0) is 48.7 Å². The summed E-state index contributed by atoms with van der Waals surface area (Å²) < 4.78 is 5.80. The van der Waals surface area contributed by atoms with Gasteiger partial charge in [-0.2, -0.15) is 0 Å². The first-order valence-corrected chi connectivity index (χ1v) is 9.29. The summed E-state index contributed by atoms with van der Waals surface area (Å²) in [6.07, 6.45) is 3.63. The smallest absolute Gasteiger partial charge is 0.222 e. The molecule has 2 aliphatic heterocycles. The van der Waals surface area contributed by atoms with Crippen LogP contribution in [-0.2, 0) is 17.9 Å². The molecular weight excluding hydrogens is 326 g/mol. The highest BCUT2D eigenvalue weighted by Gasteiger charge is 2.40. The van der Waals surface area contributed by atoms with Crippen LogP contribution in [0.25, 0.3) is 0 Å². The highest BCUT2D eigenvalue weighted by molar-refractivity contribution is 5.79. The number of benzene rings is 1. The number of carbonyl (C=O) groups is 1. The van der Waals surface area contributed by atoms with Gasteiger partial charge in [0.1, 0.15) is 12.4 Å².